The van der Waals surface area contributed by atoms with E-state index < -0.39 is 0 Å². The number of aryl methyl sites for hydroxylation is 1. The number of aromatic nitrogens is 4. The number of hydrogen-bond donors (Lipinski definition) is 1. The van der Waals surface area contributed by atoms with Crippen LogP contribution in [0.25, 0.3) is 11.5 Å². The fraction of sp³-hybridized carbons (Fsp3) is 0.706. The monoisotopic (exact) mass is 366 g/mol. The molecular formula is C17H27ClN6O. The van der Waals surface area contributed by atoms with Crippen LogP contribution in [0.1, 0.15) is 55.6 Å². The average molecular weight is 367 g/mol. The van der Waals surface area contributed by atoms with Gasteiger partial charge in [-0.05, 0) is 19.9 Å². The summed E-state index contributed by atoms with van der Waals surface area (Å²) in [4.78, 5) is 6.98. The van der Waals surface area contributed by atoms with Crippen LogP contribution in [0.4, 0.5) is 0 Å². The molecule has 1 saturated carbocycles. The van der Waals surface area contributed by atoms with Gasteiger partial charge < -0.3 is 9.84 Å². The predicted octanol–water partition coefficient (Wildman–Crippen LogP) is 2.52. The Kier molecular flexibility index (Phi) is 5.76. The molecule has 7 nitrogen and oxygen atoms in total. The van der Waals surface area contributed by atoms with Crippen molar-refractivity contribution in [2.24, 2.45) is 7.05 Å². The molecule has 0 bridgehead atoms. The highest BCUT2D eigenvalue weighted by atomic mass is 35.5. The first-order chi connectivity index (χ1) is 11.7. The first kappa shape index (κ1) is 18.4. The molecule has 8 heteroatoms. The molecule has 2 aliphatic rings. The van der Waals surface area contributed by atoms with E-state index in [-0.39, 0.29) is 18.4 Å². The van der Waals surface area contributed by atoms with Crippen molar-refractivity contribution in [3.8, 4) is 11.5 Å². The van der Waals surface area contributed by atoms with E-state index in [4.69, 9.17) is 14.6 Å². The fourth-order valence-electron chi connectivity index (χ4n) is 3.92. The van der Waals surface area contributed by atoms with E-state index in [9.17, 15) is 0 Å². The van der Waals surface area contributed by atoms with Gasteiger partial charge >= 0.3 is 0 Å². The van der Waals surface area contributed by atoms with Crippen molar-refractivity contribution >= 4 is 12.4 Å². The van der Waals surface area contributed by atoms with Crippen LogP contribution in [0.3, 0.4) is 0 Å². The van der Waals surface area contributed by atoms with E-state index >= 15 is 0 Å². The van der Waals surface area contributed by atoms with Gasteiger partial charge in [-0.3, -0.25) is 9.58 Å². The van der Waals surface area contributed by atoms with Crippen LogP contribution in [-0.4, -0.2) is 51.5 Å². The number of piperazine rings is 1. The second-order valence-corrected chi connectivity index (χ2v) is 7.09. The van der Waals surface area contributed by atoms with Crippen molar-refractivity contribution < 1.29 is 4.52 Å². The molecule has 0 aromatic carbocycles. The molecule has 2 aromatic heterocycles. The maximum absolute atomic E-state index is 5.63. The average Bonchev–Trinajstić information content (AvgIpc) is 3.23. The van der Waals surface area contributed by atoms with E-state index in [2.05, 4.69) is 22.4 Å². The summed E-state index contributed by atoms with van der Waals surface area (Å²) in [6.45, 7) is 2.86. The van der Waals surface area contributed by atoms with Crippen LogP contribution in [0, 0.1) is 0 Å². The summed E-state index contributed by atoms with van der Waals surface area (Å²) in [6.07, 6.45) is 8.34. The van der Waals surface area contributed by atoms with Gasteiger partial charge in [-0.25, -0.2) is 0 Å². The molecule has 1 saturated heterocycles. The third-order valence-electron chi connectivity index (χ3n) is 5.33. The number of nitrogens with zero attached hydrogens (tertiary/aromatic N) is 5. The standard InChI is InChI=1S/C17H26N6O.ClH/c1-22-9-8-18-10-14(22)16-19-17(24-21-16)13-11-23(2)20-15(13)12-6-4-3-5-7-12;/h11-12,14,18H,3-10H2,1-2H3;1H. The molecule has 138 valence electrons. The van der Waals surface area contributed by atoms with Crippen LogP contribution in [0.5, 0.6) is 0 Å². The molecule has 0 radical (unpaired) electrons. The Labute approximate surface area is 154 Å². The van der Waals surface area contributed by atoms with E-state index in [1.54, 1.807) is 0 Å². The lowest BCUT2D eigenvalue weighted by Crippen LogP contribution is -2.44. The lowest BCUT2D eigenvalue weighted by Gasteiger charge is -2.30. The van der Waals surface area contributed by atoms with Crippen LogP contribution in [0.15, 0.2) is 10.7 Å². The molecule has 1 atom stereocenters. The predicted molar refractivity (Wildman–Crippen MR) is 97.8 cm³/mol. The van der Waals surface area contributed by atoms with Crippen molar-refractivity contribution in [1.82, 2.24) is 30.1 Å². The van der Waals surface area contributed by atoms with Crippen LogP contribution in [-0.2, 0) is 7.05 Å². The van der Waals surface area contributed by atoms with Gasteiger partial charge in [0.1, 0.15) is 0 Å². The van der Waals surface area contributed by atoms with Crippen molar-refractivity contribution in [1.29, 1.82) is 0 Å². The van der Waals surface area contributed by atoms with E-state index in [0.717, 1.165) is 36.7 Å². The normalized spacial score (nSPS) is 22.7. The minimum Gasteiger partial charge on any atom is -0.334 e. The summed E-state index contributed by atoms with van der Waals surface area (Å²) in [5, 5.41) is 12.4. The summed E-state index contributed by atoms with van der Waals surface area (Å²) in [5.74, 6) is 1.89. The maximum Gasteiger partial charge on any atom is 0.261 e. The Bertz CT molecular complexity index is 693. The largest absolute Gasteiger partial charge is 0.334 e. The molecule has 1 aliphatic carbocycles. The summed E-state index contributed by atoms with van der Waals surface area (Å²) < 4.78 is 7.50. The number of nitrogens with one attached hydrogen (secondary N) is 1. The molecule has 4 rings (SSSR count). The minimum atomic E-state index is 0. The van der Waals surface area contributed by atoms with Gasteiger partial charge in [-0.2, -0.15) is 10.1 Å². The topological polar surface area (TPSA) is 72.0 Å². The van der Waals surface area contributed by atoms with Gasteiger partial charge in [0.15, 0.2) is 5.82 Å². The molecule has 3 heterocycles. The lowest BCUT2D eigenvalue weighted by molar-refractivity contribution is 0.190. The van der Waals surface area contributed by atoms with Gasteiger partial charge in [-0.15, -0.1) is 12.4 Å². The van der Waals surface area contributed by atoms with Crippen molar-refractivity contribution in [3.63, 3.8) is 0 Å². The zero-order valence-corrected chi connectivity index (χ0v) is 15.8. The van der Waals surface area contributed by atoms with E-state index in [1.165, 1.54) is 32.1 Å². The highest BCUT2D eigenvalue weighted by Crippen LogP contribution is 2.37. The van der Waals surface area contributed by atoms with Crippen molar-refractivity contribution in [3.05, 3.63) is 17.7 Å². The molecule has 1 unspecified atom stereocenters. The zero-order valence-electron chi connectivity index (χ0n) is 14.9. The first-order valence-electron chi connectivity index (χ1n) is 9.01. The molecule has 25 heavy (non-hydrogen) atoms. The Morgan fingerprint density at radius 1 is 1.20 bits per heavy atom. The fourth-order valence-corrected chi connectivity index (χ4v) is 3.92. The smallest absolute Gasteiger partial charge is 0.261 e. The van der Waals surface area contributed by atoms with Crippen molar-refractivity contribution in [2.75, 3.05) is 26.7 Å². The van der Waals surface area contributed by atoms with Crippen LogP contribution >= 0.6 is 12.4 Å². The Hall–Kier alpha value is -1.44. The summed E-state index contributed by atoms with van der Waals surface area (Å²) in [7, 11) is 4.07. The summed E-state index contributed by atoms with van der Waals surface area (Å²) >= 11 is 0. The number of halogens is 1. The van der Waals surface area contributed by atoms with Crippen LogP contribution in [0.2, 0.25) is 0 Å². The van der Waals surface area contributed by atoms with Crippen LogP contribution < -0.4 is 5.32 Å². The minimum absolute atomic E-state index is 0. The molecule has 0 spiro atoms. The Morgan fingerprint density at radius 3 is 2.76 bits per heavy atom. The van der Waals surface area contributed by atoms with Gasteiger partial charge in [-0.1, -0.05) is 24.4 Å². The SMILES string of the molecule is CN1CCNCC1c1noc(-c2cn(C)nc2C2CCCCC2)n1.Cl. The lowest BCUT2D eigenvalue weighted by atomic mass is 9.85. The molecule has 2 aromatic rings. The highest BCUT2D eigenvalue weighted by Gasteiger charge is 2.28. The number of likely N-dealkylation sites (N-methyl/N-ethyl adjacent to an activating group) is 1. The molecular weight excluding hydrogens is 340 g/mol. The molecule has 1 aliphatic heterocycles. The summed E-state index contributed by atoms with van der Waals surface area (Å²) in [6, 6.07) is 0.172. The zero-order chi connectivity index (χ0) is 16.5. The second-order valence-electron chi connectivity index (χ2n) is 7.09. The van der Waals surface area contributed by atoms with E-state index in [0.29, 0.717) is 11.8 Å². The maximum atomic E-state index is 5.63. The molecule has 1 N–H and O–H groups in total. The second kappa shape index (κ2) is 7.85. The van der Waals surface area contributed by atoms with Gasteiger partial charge in [0.2, 0.25) is 0 Å². The van der Waals surface area contributed by atoms with Gasteiger partial charge in [0.25, 0.3) is 5.89 Å². The van der Waals surface area contributed by atoms with Crippen molar-refractivity contribution in [2.45, 2.75) is 44.1 Å². The highest BCUT2D eigenvalue weighted by molar-refractivity contribution is 5.85. The van der Waals surface area contributed by atoms with E-state index in [1.807, 2.05) is 17.9 Å². The molecule has 0 amide bonds. The van der Waals surface area contributed by atoms with Gasteiger partial charge in [0, 0.05) is 38.8 Å². The quantitative estimate of drug-likeness (QED) is 0.899. The first-order valence-corrected chi connectivity index (χ1v) is 9.01. The van der Waals surface area contributed by atoms with Gasteiger partial charge in [0.05, 0.1) is 17.3 Å². The number of hydrogen-bond acceptors (Lipinski definition) is 6. The Morgan fingerprint density at radius 2 is 2.00 bits per heavy atom. The third-order valence-corrected chi connectivity index (χ3v) is 5.33. The Balaban J connectivity index is 0.00000182. The molecule has 2 fully saturated rings. The number of rotatable bonds is 3. The summed E-state index contributed by atoms with van der Waals surface area (Å²) in [5.41, 5.74) is 2.14. The third kappa shape index (κ3) is 3.73.